The SMILES string of the molecule is COc1cc2sc(C#N)nc2cc1C[C@H](NC(=O)OC(C)(C)C)C(=O)OCC(C)C. The van der Waals surface area contributed by atoms with Gasteiger partial charge in [0.25, 0.3) is 0 Å². The van der Waals surface area contributed by atoms with Gasteiger partial charge in [-0.15, -0.1) is 11.3 Å². The molecule has 1 aromatic heterocycles. The Kier molecular flexibility index (Phi) is 7.62. The summed E-state index contributed by atoms with van der Waals surface area (Å²) in [6.07, 6.45) is -0.594. The average Bonchev–Trinajstić information content (AvgIpc) is 3.05. The van der Waals surface area contributed by atoms with E-state index in [0.29, 0.717) is 21.8 Å². The lowest BCUT2D eigenvalue weighted by Gasteiger charge is -2.23. The molecule has 162 valence electrons. The number of aromatic nitrogens is 1. The van der Waals surface area contributed by atoms with Gasteiger partial charge in [0.05, 0.1) is 23.9 Å². The van der Waals surface area contributed by atoms with Gasteiger partial charge in [-0.1, -0.05) is 13.8 Å². The summed E-state index contributed by atoms with van der Waals surface area (Å²) in [5.74, 6) is 0.123. The van der Waals surface area contributed by atoms with Crippen LogP contribution in [0.2, 0.25) is 0 Å². The van der Waals surface area contributed by atoms with Gasteiger partial charge in [-0.2, -0.15) is 5.26 Å². The first-order valence-corrected chi connectivity index (χ1v) is 10.4. The Labute approximate surface area is 180 Å². The van der Waals surface area contributed by atoms with Crippen molar-refractivity contribution in [2.24, 2.45) is 5.92 Å². The second-order valence-electron chi connectivity index (χ2n) is 8.19. The number of benzene rings is 1. The van der Waals surface area contributed by atoms with Crippen molar-refractivity contribution < 1.29 is 23.8 Å². The number of methoxy groups -OCH3 is 1. The van der Waals surface area contributed by atoms with Crippen molar-refractivity contribution in [2.75, 3.05) is 13.7 Å². The van der Waals surface area contributed by atoms with Crippen LogP contribution in [-0.2, 0) is 20.7 Å². The van der Waals surface area contributed by atoms with E-state index in [2.05, 4.69) is 10.3 Å². The van der Waals surface area contributed by atoms with Gasteiger partial charge in [-0.05, 0) is 44.4 Å². The van der Waals surface area contributed by atoms with Crippen molar-refractivity contribution in [1.29, 1.82) is 5.26 Å². The van der Waals surface area contributed by atoms with E-state index < -0.39 is 23.7 Å². The van der Waals surface area contributed by atoms with E-state index in [-0.39, 0.29) is 18.9 Å². The van der Waals surface area contributed by atoms with Crippen LogP contribution in [0.3, 0.4) is 0 Å². The lowest BCUT2D eigenvalue weighted by Crippen LogP contribution is -2.45. The quantitative estimate of drug-likeness (QED) is 0.661. The molecule has 0 saturated carbocycles. The molecule has 0 spiro atoms. The second-order valence-corrected chi connectivity index (χ2v) is 9.22. The Morgan fingerprint density at radius 2 is 2.00 bits per heavy atom. The van der Waals surface area contributed by atoms with E-state index in [1.165, 1.54) is 18.4 Å². The van der Waals surface area contributed by atoms with E-state index in [0.717, 1.165) is 4.70 Å². The number of alkyl carbamates (subject to hydrolysis) is 1. The molecule has 1 atom stereocenters. The lowest BCUT2D eigenvalue weighted by atomic mass is 10.0. The number of esters is 1. The third kappa shape index (κ3) is 6.59. The molecule has 0 aliphatic carbocycles. The molecule has 0 aliphatic heterocycles. The van der Waals surface area contributed by atoms with Crippen LogP contribution >= 0.6 is 11.3 Å². The van der Waals surface area contributed by atoms with E-state index in [9.17, 15) is 9.59 Å². The van der Waals surface area contributed by atoms with Crippen molar-refractivity contribution in [1.82, 2.24) is 10.3 Å². The van der Waals surface area contributed by atoms with E-state index in [1.807, 2.05) is 19.9 Å². The maximum Gasteiger partial charge on any atom is 0.408 e. The Morgan fingerprint density at radius 3 is 2.57 bits per heavy atom. The largest absolute Gasteiger partial charge is 0.496 e. The number of nitrogens with one attached hydrogen (secondary N) is 1. The first kappa shape index (κ1) is 23.4. The third-order valence-corrected chi connectivity index (χ3v) is 4.77. The smallest absolute Gasteiger partial charge is 0.408 e. The Balaban J connectivity index is 2.32. The minimum absolute atomic E-state index is 0.120. The molecule has 0 radical (unpaired) electrons. The number of hydrogen-bond acceptors (Lipinski definition) is 8. The molecule has 0 fully saturated rings. The highest BCUT2D eigenvalue weighted by Crippen LogP contribution is 2.30. The van der Waals surface area contributed by atoms with Crippen LogP contribution in [0.1, 0.15) is 45.2 Å². The summed E-state index contributed by atoms with van der Waals surface area (Å²) in [5, 5.41) is 12.0. The number of carbonyl (C=O) groups is 2. The van der Waals surface area contributed by atoms with Crippen molar-refractivity contribution in [2.45, 2.75) is 52.7 Å². The molecule has 2 aromatic rings. The van der Waals surface area contributed by atoms with E-state index >= 15 is 0 Å². The molecule has 1 aromatic carbocycles. The van der Waals surface area contributed by atoms with Crippen LogP contribution < -0.4 is 10.1 Å². The summed E-state index contributed by atoms with van der Waals surface area (Å²) in [4.78, 5) is 29.2. The Morgan fingerprint density at radius 1 is 1.30 bits per heavy atom. The predicted molar refractivity (Wildman–Crippen MR) is 114 cm³/mol. The van der Waals surface area contributed by atoms with Gasteiger partial charge in [0, 0.05) is 6.42 Å². The van der Waals surface area contributed by atoms with Crippen LogP contribution in [0.15, 0.2) is 12.1 Å². The zero-order valence-electron chi connectivity index (χ0n) is 18.1. The number of thiazole rings is 1. The van der Waals surface area contributed by atoms with Crippen molar-refractivity contribution in [3.8, 4) is 11.8 Å². The summed E-state index contributed by atoms with van der Waals surface area (Å²) in [7, 11) is 1.52. The monoisotopic (exact) mass is 433 g/mol. The maximum absolute atomic E-state index is 12.7. The summed E-state index contributed by atoms with van der Waals surface area (Å²) in [6, 6.07) is 4.58. The van der Waals surface area contributed by atoms with Crippen LogP contribution in [0.4, 0.5) is 4.79 Å². The first-order chi connectivity index (χ1) is 14.0. The van der Waals surface area contributed by atoms with Crippen molar-refractivity contribution >= 4 is 33.6 Å². The number of nitrogens with zero attached hydrogens (tertiary/aromatic N) is 2. The number of ether oxygens (including phenoxy) is 3. The minimum Gasteiger partial charge on any atom is -0.496 e. The fourth-order valence-corrected chi connectivity index (χ4v) is 3.38. The van der Waals surface area contributed by atoms with Crippen LogP contribution in [0.25, 0.3) is 10.2 Å². The highest BCUT2D eigenvalue weighted by molar-refractivity contribution is 7.19. The highest BCUT2D eigenvalue weighted by atomic mass is 32.1. The van der Waals surface area contributed by atoms with Gasteiger partial charge in [-0.3, -0.25) is 0 Å². The topological polar surface area (TPSA) is 111 Å². The van der Waals surface area contributed by atoms with Gasteiger partial charge in [-0.25, -0.2) is 14.6 Å². The predicted octanol–water partition coefficient (Wildman–Crippen LogP) is 3.81. The third-order valence-electron chi connectivity index (χ3n) is 3.84. The molecule has 1 heterocycles. The fraction of sp³-hybridized carbons (Fsp3) is 0.524. The van der Waals surface area contributed by atoms with Crippen molar-refractivity contribution in [3.63, 3.8) is 0 Å². The van der Waals surface area contributed by atoms with Crippen LogP contribution in [-0.4, -0.2) is 42.4 Å². The van der Waals surface area contributed by atoms with Crippen molar-refractivity contribution in [3.05, 3.63) is 22.7 Å². The van der Waals surface area contributed by atoms with Gasteiger partial charge in [0.15, 0.2) is 5.01 Å². The van der Waals surface area contributed by atoms with Crippen LogP contribution in [0.5, 0.6) is 5.75 Å². The first-order valence-electron chi connectivity index (χ1n) is 9.56. The zero-order chi connectivity index (χ0) is 22.5. The molecular formula is C21H27N3O5S. The molecule has 8 nitrogen and oxygen atoms in total. The number of hydrogen-bond donors (Lipinski definition) is 1. The molecule has 0 bridgehead atoms. The van der Waals surface area contributed by atoms with Crippen LogP contribution in [0, 0.1) is 17.2 Å². The number of carbonyl (C=O) groups excluding carboxylic acids is 2. The molecule has 0 saturated heterocycles. The number of rotatable bonds is 7. The minimum atomic E-state index is -0.973. The second kappa shape index (κ2) is 9.76. The number of amides is 1. The standard InChI is InChI=1S/C21H27N3O5S/c1-12(2)11-28-19(25)15(24-20(26)29-21(3,4)5)8-13-7-14-17(9-16(13)27-6)30-18(10-22)23-14/h7,9,12,15H,8,11H2,1-6H3,(H,24,26)/t15-/m0/s1. The number of nitriles is 1. The maximum atomic E-state index is 12.7. The highest BCUT2D eigenvalue weighted by Gasteiger charge is 2.27. The fourth-order valence-electron chi connectivity index (χ4n) is 2.61. The van der Waals surface area contributed by atoms with E-state index in [1.54, 1.807) is 32.9 Å². The zero-order valence-corrected chi connectivity index (χ0v) is 18.9. The number of fused-ring (bicyclic) bond motifs is 1. The summed E-state index contributed by atoms with van der Waals surface area (Å²) >= 11 is 1.26. The average molecular weight is 434 g/mol. The van der Waals surface area contributed by atoms with Gasteiger partial charge in [0.2, 0.25) is 0 Å². The molecular weight excluding hydrogens is 406 g/mol. The summed E-state index contributed by atoms with van der Waals surface area (Å²) < 4.78 is 16.9. The molecule has 1 N–H and O–H groups in total. The van der Waals surface area contributed by atoms with Gasteiger partial charge < -0.3 is 19.5 Å². The molecule has 30 heavy (non-hydrogen) atoms. The van der Waals surface area contributed by atoms with Gasteiger partial charge in [0.1, 0.15) is 23.5 Å². The summed E-state index contributed by atoms with van der Waals surface area (Å²) in [5.41, 5.74) is 0.572. The molecule has 0 unspecified atom stereocenters. The molecule has 0 aliphatic rings. The lowest BCUT2D eigenvalue weighted by molar-refractivity contribution is -0.147. The van der Waals surface area contributed by atoms with Gasteiger partial charge >= 0.3 is 12.1 Å². The molecule has 9 heteroatoms. The Hall–Kier alpha value is -2.86. The Bertz CT molecular complexity index is 956. The normalized spacial score (nSPS) is 12.3. The van der Waals surface area contributed by atoms with E-state index in [4.69, 9.17) is 19.5 Å². The molecule has 1 amide bonds. The molecule has 2 rings (SSSR count). The summed E-state index contributed by atoms with van der Waals surface area (Å²) in [6.45, 7) is 9.31.